The highest BCUT2D eigenvalue weighted by Crippen LogP contribution is 2.18. The van der Waals surface area contributed by atoms with Crippen LogP contribution in [0.4, 0.5) is 5.69 Å². The molecule has 1 aromatic rings. The van der Waals surface area contributed by atoms with E-state index in [2.05, 4.69) is 34.6 Å². The molecule has 136 valence electrons. The number of amides is 2. The third-order valence-corrected chi connectivity index (χ3v) is 4.17. The van der Waals surface area contributed by atoms with E-state index in [0.29, 0.717) is 13.0 Å². The second kappa shape index (κ2) is 9.32. The average molecular weight is 344 g/mol. The number of carbonyl (C=O) groups excluding carboxylic acids is 2. The number of nitrogens with zero attached hydrogens (tertiary/aromatic N) is 2. The van der Waals surface area contributed by atoms with Gasteiger partial charge >= 0.3 is 0 Å². The monoisotopic (exact) mass is 344 g/mol. The van der Waals surface area contributed by atoms with Crippen molar-refractivity contribution in [3.63, 3.8) is 0 Å². The van der Waals surface area contributed by atoms with Gasteiger partial charge in [-0.2, -0.15) is 5.10 Å². The van der Waals surface area contributed by atoms with Crippen LogP contribution in [0.1, 0.15) is 45.6 Å². The Bertz CT molecular complexity index is 619. The third kappa shape index (κ3) is 5.67. The van der Waals surface area contributed by atoms with Gasteiger partial charge in [-0.05, 0) is 43.6 Å². The highest BCUT2D eigenvalue weighted by Gasteiger charge is 2.21. The van der Waals surface area contributed by atoms with Crippen LogP contribution >= 0.6 is 0 Å². The van der Waals surface area contributed by atoms with E-state index in [1.165, 1.54) is 0 Å². The van der Waals surface area contributed by atoms with Gasteiger partial charge < -0.3 is 5.32 Å². The Kier molecular flexibility index (Phi) is 7.13. The third-order valence-electron chi connectivity index (χ3n) is 4.17. The first-order valence-electron chi connectivity index (χ1n) is 9.02. The molecule has 1 unspecified atom stereocenters. The zero-order valence-corrected chi connectivity index (χ0v) is 15.3. The highest BCUT2D eigenvalue weighted by atomic mass is 16.2. The van der Waals surface area contributed by atoms with E-state index < -0.39 is 0 Å². The van der Waals surface area contributed by atoms with Crippen LogP contribution in [0, 0.1) is 5.92 Å². The van der Waals surface area contributed by atoms with Gasteiger partial charge in [-0.25, -0.2) is 5.43 Å². The second-order valence-corrected chi connectivity index (χ2v) is 6.54. The molecule has 1 aliphatic rings. The molecule has 2 rings (SSSR count). The number of anilines is 1. The van der Waals surface area contributed by atoms with Crippen molar-refractivity contribution in [1.82, 2.24) is 10.3 Å². The van der Waals surface area contributed by atoms with Crippen molar-refractivity contribution in [2.24, 2.45) is 11.0 Å². The molecule has 0 aromatic heterocycles. The van der Waals surface area contributed by atoms with Crippen molar-refractivity contribution in [2.75, 3.05) is 25.0 Å². The maximum atomic E-state index is 12.2. The topological polar surface area (TPSA) is 73.8 Å². The molecule has 1 aromatic carbocycles. The first-order valence-corrected chi connectivity index (χ1v) is 9.02. The fourth-order valence-electron chi connectivity index (χ4n) is 3.03. The molecule has 1 atom stereocenters. The Morgan fingerprint density at radius 2 is 1.88 bits per heavy atom. The van der Waals surface area contributed by atoms with E-state index >= 15 is 0 Å². The van der Waals surface area contributed by atoms with E-state index in [1.807, 2.05) is 31.2 Å². The fraction of sp³-hybridized carbons (Fsp3) is 0.526. The molecule has 0 spiro atoms. The molecule has 0 fully saturated rings. The van der Waals surface area contributed by atoms with Crippen LogP contribution in [0.3, 0.4) is 0 Å². The molecule has 0 saturated heterocycles. The van der Waals surface area contributed by atoms with Gasteiger partial charge in [0.15, 0.2) is 0 Å². The molecule has 0 aliphatic carbocycles. The molecule has 2 N–H and O–H groups in total. The SMILES string of the molecule is CCCN(CCC)CC(=O)Nc1ccc(C2=NNC(=O)CC2C)cc1. The first-order chi connectivity index (χ1) is 12.0. The van der Waals surface area contributed by atoms with E-state index in [1.54, 1.807) is 0 Å². The summed E-state index contributed by atoms with van der Waals surface area (Å²) < 4.78 is 0. The number of hydrogen-bond acceptors (Lipinski definition) is 4. The Balaban J connectivity index is 1.96. The van der Waals surface area contributed by atoms with Crippen molar-refractivity contribution in [2.45, 2.75) is 40.0 Å². The van der Waals surface area contributed by atoms with E-state index in [4.69, 9.17) is 0 Å². The summed E-state index contributed by atoms with van der Waals surface area (Å²) in [5, 5.41) is 7.10. The number of carbonyl (C=O) groups is 2. The molecule has 0 bridgehead atoms. The van der Waals surface area contributed by atoms with Crippen LogP contribution in [0.15, 0.2) is 29.4 Å². The van der Waals surface area contributed by atoms with E-state index in [0.717, 1.165) is 42.9 Å². The van der Waals surface area contributed by atoms with Crippen LogP contribution in [-0.2, 0) is 9.59 Å². The van der Waals surface area contributed by atoms with E-state index in [-0.39, 0.29) is 17.7 Å². The summed E-state index contributed by atoms with van der Waals surface area (Å²) in [6, 6.07) is 7.61. The summed E-state index contributed by atoms with van der Waals surface area (Å²) in [6.07, 6.45) is 2.53. The quantitative estimate of drug-likeness (QED) is 0.761. The number of hydrogen-bond donors (Lipinski definition) is 2. The molecule has 0 saturated carbocycles. The lowest BCUT2D eigenvalue weighted by Crippen LogP contribution is -2.34. The van der Waals surface area contributed by atoms with Gasteiger partial charge in [-0.15, -0.1) is 0 Å². The molecule has 6 nitrogen and oxygen atoms in total. The standard InChI is InChI=1S/C19H28N4O2/c1-4-10-23(11-5-2)13-18(25)20-16-8-6-15(7-9-16)19-14(3)12-17(24)21-22-19/h6-9,14H,4-5,10-13H2,1-3H3,(H,20,25)(H,21,24). The van der Waals surface area contributed by atoms with Gasteiger partial charge in [0.2, 0.25) is 11.8 Å². The maximum absolute atomic E-state index is 12.2. The first kappa shape index (κ1) is 19.1. The largest absolute Gasteiger partial charge is 0.325 e. The molecular weight excluding hydrogens is 316 g/mol. The smallest absolute Gasteiger partial charge is 0.240 e. The van der Waals surface area contributed by atoms with E-state index in [9.17, 15) is 9.59 Å². The lowest BCUT2D eigenvalue weighted by molar-refractivity contribution is -0.122. The number of nitrogens with one attached hydrogen (secondary N) is 2. The van der Waals surface area contributed by atoms with Gasteiger partial charge in [-0.3, -0.25) is 14.5 Å². The Labute approximate surface area is 149 Å². The van der Waals surface area contributed by atoms with Crippen LogP contribution in [-0.4, -0.2) is 42.1 Å². The minimum absolute atomic E-state index is 0.00490. The van der Waals surface area contributed by atoms with Gasteiger partial charge in [0.25, 0.3) is 0 Å². The lowest BCUT2D eigenvalue weighted by atomic mass is 9.94. The summed E-state index contributed by atoms with van der Waals surface area (Å²) in [5.41, 5.74) is 5.13. The molecule has 2 amide bonds. The molecule has 1 aliphatic heterocycles. The van der Waals surface area contributed by atoms with Crippen LogP contribution in [0.25, 0.3) is 0 Å². The molecule has 1 heterocycles. The summed E-state index contributed by atoms with van der Waals surface area (Å²) in [7, 11) is 0. The van der Waals surface area contributed by atoms with Crippen LogP contribution in [0.2, 0.25) is 0 Å². The fourth-order valence-corrected chi connectivity index (χ4v) is 3.03. The normalized spacial score (nSPS) is 17.2. The van der Waals surface area contributed by atoms with Crippen molar-refractivity contribution in [1.29, 1.82) is 0 Å². The summed E-state index contributed by atoms with van der Waals surface area (Å²) in [6.45, 7) is 8.52. The molecule has 6 heteroatoms. The van der Waals surface area contributed by atoms with Crippen LogP contribution < -0.4 is 10.7 Å². The lowest BCUT2D eigenvalue weighted by Gasteiger charge is -2.20. The zero-order chi connectivity index (χ0) is 18.2. The van der Waals surface area contributed by atoms with Crippen molar-refractivity contribution < 1.29 is 9.59 Å². The Morgan fingerprint density at radius 1 is 1.24 bits per heavy atom. The minimum atomic E-state index is -0.0520. The predicted octanol–water partition coefficient (Wildman–Crippen LogP) is 2.61. The zero-order valence-electron chi connectivity index (χ0n) is 15.3. The van der Waals surface area contributed by atoms with Gasteiger partial charge in [0.1, 0.15) is 0 Å². The van der Waals surface area contributed by atoms with Crippen molar-refractivity contribution in [3.05, 3.63) is 29.8 Å². The number of benzene rings is 1. The van der Waals surface area contributed by atoms with Crippen LogP contribution in [0.5, 0.6) is 0 Å². The maximum Gasteiger partial charge on any atom is 0.240 e. The number of rotatable bonds is 8. The van der Waals surface area contributed by atoms with Gasteiger partial charge in [-0.1, -0.05) is 32.9 Å². The Morgan fingerprint density at radius 3 is 2.44 bits per heavy atom. The van der Waals surface area contributed by atoms with Crippen molar-refractivity contribution >= 4 is 23.2 Å². The molecule has 0 radical (unpaired) electrons. The van der Waals surface area contributed by atoms with Gasteiger partial charge in [0.05, 0.1) is 12.3 Å². The second-order valence-electron chi connectivity index (χ2n) is 6.54. The molecular formula is C19H28N4O2. The number of hydrazone groups is 1. The summed E-state index contributed by atoms with van der Waals surface area (Å²) >= 11 is 0. The molecule has 25 heavy (non-hydrogen) atoms. The van der Waals surface area contributed by atoms with Gasteiger partial charge in [0, 0.05) is 18.0 Å². The summed E-state index contributed by atoms with van der Waals surface area (Å²) in [5.74, 6) is 0.0416. The highest BCUT2D eigenvalue weighted by molar-refractivity contribution is 6.06. The average Bonchev–Trinajstić information content (AvgIpc) is 2.56. The minimum Gasteiger partial charge on any atom is -0.325 e. The Hall–Kier alpha value is -2.21. The predicted molar refractivity (Wildman–Crippen MR) is 101 cm³/mol. The summed E-state index contributed by atoms with van der Waals surface area (Å²) in [4.78, 5) is 25.7. The van der Waals surface area contributed by atoms with Crippen molar-refractivity contribution in [3.8, 4) is 0 Å².